The van der Waals surface area contributed by atoms with Crippen LogP contribution < -0.4 is 0 Å². The van der Waals surface area contributed by atoms with Crippen LogP contribution in [-0.2, 0) is 14.4 Å². The molecule has 96 valence electrons. The molecule has 2 amide bonds. The number of aliphatic carboxylic acids is 1. The van der Waals surface area contributed by atoms with Crippen LogP contribution in [-0.4, -0.2) is 58.9 Å². The van der Waals surface area contributed by atoms with Crippen LogP contribution in [0.15, 0.2) is 0 Å². The van der Waals surface area contributed by atoms with Gasteiger partial charge in [0, 0.05) is 27.1 Å². The van der Waals surface area contributed by atoms with E-state index in [1.54, 1.807) is 11.9 Å². The molecule has 17 heavy (non-hydrogen) atoms. The Kier molecular flexibility index (Phi) is 4.48. The van der Waals surface area contributed by atoms with Crippen molar-refractivity contribution in [3.63, 3.8) is 0 Å². The maximum atomic E-state index is 12.0. The highest BCUT2D eigenvalue weighted by Crippen LogP contribution is 2.19. The summed E-state index contributed by atoms with van der Waals surface area (Å²) in [6.07, 6.45) is 1.41. The average Bonchev–Trinajstić information content (AvgIpc) is 2.73. The van der Waals surface area contributed by atoms with E-state index in [0.717, 1.165) is 6.42 Å². The number of likely N-dealkylation sites (N-methyl/N-ethyl adjacent to an activating group) is 1. The Morgan fingerprint density at radius 2 is 2.06 bits per heavy atom. The second kappa shape index (κ2) is 5.65. The van der Waals surface area contributed by atoms with E-state index >= 15 is 0 Å². The number of carbonyl (C=O) groups excluding carboxylic acids is 2. The van der Waals surface area contributed by atoms with Crippen LogP contribution in [0.1, 0.15) is 26.2 Å². The molecule has 6 heteroatoms. The first kappa shape index (κ1) is 13.5. The molecule has 0 radical (unpaired) electrons. The second-order valence-electron chi connectivity index (χ2n) is 4.27. The summed E-state index contributed by atoms with van der Waals surface area (Å²) in [6, 6.07) is -0.411. The molecular weight excluding hydrogens is 224 g/mol. The number of carbonyl (C=O) groups is 3. The van der Waals surface area contributed by atoms with Crippen LogP contribution in [0.3, 0.4) is 0 Å². The molecule has 0 bridgehead atoms. The van der Waals surface area contributed by atoms with E-state index in [1.807, 2.05) is 0 Å². The smallest absolute Gasteiger partial charge is 0.305 e. The summed E-state index contributed by atoms with van der Waals surface area (Å²) in [7, 11) is 1.57. The highest BCUT2D eigenvalue weighted by Gasteiger charge is 2.33. The maximum Gasteiger partial charge on any atom is 0.305 e. The highest BCUT2D eigenvalue weighted by atomic mass is 16.4. The lowest BCUT2D eigenvalue weighted by atomic mass is 10.2. The van der Waals surface area contributed by atoms with Gasteiger partial charge in [0.1, 0.15) is 6.04 Å². The lowest BCUT2D eigenvalue weighted by Gasteiger charge is -2.26. The fourth-order valence-electron chi connectivity index (χ4n) is 2.03. The Morgan fingerprint density at radius 3 is 2.59 bits per heavy atom. The quantitative estimate of drug-likeness (QED) is 0.748. The number of nitrogens with zero attached hydrogens (tertiary/aromatic N) is 2. The Labute approximate surface area is 100 Å². The number of carboxylic acid groups (broad SMARTS) is 1. The van der Waals surface area contributed by atoms with Crippen LogP contribution in [0, 0.1) is 0 Å². The fourth-order valence-corrected chi connectivity index (χ4v) is 2.03. The van der Waals surface area contributed by atoms with E-state index in [-0.39, 0.29) is 24.8 Å². The zero-order chi connectivity index (χ0) is 13.0. The molecule has 1 aliphatic rings. The van der Waals surface area contributed by atoms with E-state index in [1.165, 1.54) is 11.8 Å². The van der Waals surface area contributed by atoms with Gasteiger partial charge < -0.3 is 14.9 Å². The fraction of sp³-hybridized carbons (Fsp3) is 0.727. The SMILES string of the molecule is CC(=O)N1CCC[C@@H]1C(=O)N(C)CCC(=O)O. The number of amides is 2. The molecule has 1 atom stereocenters. The third-order valence-electron chi connectivity index (χ3n) is 2.98. The molecule has 1 fully saturated rings. The Balaban J connectivity index is 2.56. The maximum absolute atomic E-state index is 12.0. The standard InChI is InChI=1S/C11H18N2O4/c1-8(14)13-6-3-4-9(13)11(17)12(2)7-5-10(15)16/h9H,3-7H2,1-2H3,(H,15,16)/t9-/m1/s1. The first-order chi connectivity index (χ1) is 7.93. The summed E-state index contributed by atoms with van der Waals surface area (Å²) in [5, 5.41) is 8.55. The molecule has 1 aliphatic heterocycles. The number of hydrogen-bond acceptors (Lipinski definition) is 3. The van der Waals surface area contributed by atoms with Crippen molar-refractivity contribution in [1.29, 1.82) is 0 Å². The van der Waals surface area contributed by atoms with E-state index in [4.69, 9.17) is 5.11 Å². The normalized spacial score (nSPS) is 19.2. The lowest BCUT2D eigenvalue weighted by Crippen LogP contribution is -2.46. The molecule has 0 aromatic carbocycles. The molecule has 0 saturated carbocycles. The summed E-state index contributed by atoms with van der Waals surface area (Å²) >= 11 is 0. The largest absolute Gasteiger partial charge is 0.481 e. The zero-order valence-electron chi connectivity index (χ0n) is 10.2. The first-order valence-corrected chi connectivity index (χ1v) is 5.67. The monoisotopic (exact) mass is 242 g/mol. The zero-order valence-corrected chi connectivity index (χ0v) is 10.2. The summed E-state index contributed by atoms with van der Waals surface area (Å²) in [5.74, 6) is -1.20. The summed E-state index contributed by atoms with van der Waals surface area (Å²) in [5.41, 5.74) is 0. The second-order valence-corrected chi connectivity index (χ2v) is 4.27. The van der Waals surface area contributed by atoms with Crippen molar-refractivity contribution in [3.8, 4) is 0 Å². The van der Waals surface area contributed by atoms with Gasteiger partial charge in [-0.25, -0.2) is 0 Å². The molecule has 0 aromatic heterocycles. The minimum Gasteiger partial charge on any atom is -0.481 e. The van der Waals surface area contributed by atoms with Crippen LogP contribution in [0.2, 0.25) is 0 Å². The predicted molar refractivity (Wildman–Crippen MR) is 60.3 cm³/mol. The van der Waals surface area contributed by atoms with Gasteiger partial charge in [0.2, 0.25) is 11.8 Å². The van der Waals surface area contributed by atoms with Gasteiger partial charge in [0.05, 0.1) is 6.42 Å². The Bertz CT molecular complexity index is 329. The summed E-state index contributed by atoms with van der Waals surface area (Å²) in [4.78, 5) is 36.7. The molecule has 1 N–H and O–H groups in total. The summed E-state index contributed by atoms with van der Waals surface area (Å²) in [6.45, 7) is 2.23. The van der Waals surface area contributed by atoms with Crippen LogP contribution in [0.25, 0.3) is 0 Å². The van der Waals surface area contributed by atoms with Crippen LogP contribution >= 0.6 is 0 Å². The summed E-state index contributed by atoms with van der Waals surface area (Å²) < 4.78 is 0. The molecule has 0 aliphatic carbocycles. The van der Waals surface area contributed by atoms with E-state index in [9.17, 15) is 14.4 Å². The third kappa shape index (κ3) is 3.44. The van der Waals surface area contributed by atoms with Crippen molar-refractivity contribution >= 4 is 17.8 Å². The lowest BCUT2D eigenvalue weighted by molar-refractivity contribution is -0.143. The van der Waals surface area contributed by atoms with Crippen molar-refractivity contribution in [3.05, 3.63) is 0 Å². The number of hydrogen-bond donors (Lipinski definition) is 1. The molecule has 0 spiro atoms. The van der Waals surface area contributed by atoms with Crippen molar-refractivity contribution in [2.45, 2.75) is 32.2 Å². The van der Waals surface area contributed by atoms with Crippen LogP contribution in [0.5, 0.6) is 0 Å². The molecular formula is C11H18N2O4. The molecule has 1 heterocycles. The Hall–Kier alpha value is -1.59. The average molecular weight is 242 g/mol. The molecule has 1 rings (SSSR count). The number of rotatable bonds is 4. The van der Waals surface area contributed by atoms with E-state index < -0.39 is 12.0 Å². The van der Waals surface area contributed by atoms with Crippen molar-refractivity contribution in [1.82, 2.24) is 9.80 Å². The highest BCUT2D eigenvalue weighted by molar-refractivity contribution is 5.87. The molecule has 0 unspecified atom stereocenters. The third-order valence-corrected chi connectivity index (χ3v) is 2.98. The Morgan fingerprint density at radius 1 is 1.41 bits per heavy atom. The minimum absolute atomic E-state index is 0.0744. The molecule has 0 aromatic rings. The molecule has 6 nitrogen and oxygen atoms in total. The number of carboxylic acids is 1. The van der Waals surface area contributed by atoms with Gasteiger partial charge in [-0.1, -0.05) is 0 Å². The van der Waals surface area contributed by atoms with Gasteiger partial charge in [0.25, 0.3) is 0 Å². The van der Waals surface area contributed by atoms with Gasteiger partial charge in [-0.05, 0) is 12.8 Å². The van der Waals surface area contributed by atoms with Crippen molar-refractivity contribution in [2.75, 3.05) is 20.1 Å². The first-order valence-electron chi connectivity index (χ1n) is 5.67. The van der Waals surface area contributed by atoms with Gasteiger partial charge >= 0.3 is 5.97 Å². The van der Waals surface area contributed by atoms with E-state index in [0.29, 0.717) is 13.0 Å². The molecule has 1 saturated heterocycles. The van der Waals surface area contributed by atoms with E-state index in [2.05, 4.69) is 0 Å². The van der Waals surface area contributed by atoms with Crippen molar-refractivity contribution < 1.29 is 19.5 Å². The van der Waals surface area contributed by atoms with Gasteiger partial charge in [-0.3, -0.25) is 14.4 Å². The van der Waals surface area contributed by atoms with Gasteiger partial charge in [-0.2, -0.15) is 0 Å². The van der Waals surface area contributed by atoms with Crippen LogP contribution in [0.4, 0.5) is 0 Å². The minimum atomic E-state index is -0.931. The van der Waals surface area contributed by atoms with Gasteiger partial charge in [0.15, 0.2) is 0 Å². The topological polar surface area (TPSA) is 77.9 Å². The van der Waals surface area contributed by atoms with Gasteiger partial charge in [-0.15, -0.1) is 0 Å². The van der Waals surface area contributed by atoms with Crippen molar-refractivity contribution in [2.24, 2.45) is 0 Å². The number of likely N-dealkylation sites (tertiary alicyclic amines) is 1. The predicted octanol–water partition coefficient (Wildman–Crippen LogP) is -0.0696.